The van der Waals surface area contributed by atoms with Crippen LogP contribution in [-0.2, 0) is 0 Å². The summed E-state index contributed by atoms with van der Waals surface area (Å²) in [5, 5.41) is 3.34. The van der Waals surface area contributed by atoms with Gasteiger partial charge in [0.05, 0.1) is 16.7 Å². The first kappa shape index (κ1) is 16.1. The summed E-state index contributed by atoms with van der Waals surface area (Å²) in [4.78, 5) is 20.4. The number of halogens is 2. The number of nitrogens with zero attached hydrogens (tertiary/aromatic N) is 1. The average Bonchev–Trinajstić information content (AvgIpc) is 3.25. The number of nitrogens with one attached hydrogen (secondary N) is 1. The van der Waals surface area contributed by atoms with Gasteiger partial charge in [0.2, 0.25) is 0 Å². The number of furan rings is 1. The number of H-pyrrole nitrogens is 1. The highest BCUT2D eigenvalue weighted by atomic mass is 35.5. The van der Waals surface area contributed by atoms with E-state index in [9.17, 15) is 4.79 Å². The Hall–Kier alpha value is -2.34. The molecule has 124 valence electrons. The highest BCUT2D eigenvalue weighted by Gasteiger charge is 2.15. The minimum Gasteiger partial charge on any atom is -0.464 e. The van der Waals surface area contributed by atoms with Crippen molar-refractivity contribution in [1.29, 1.82) is 0 Å². The zero-order chi connectivity index (χ0) is 17.4. The zero-order valence-corrected chi connectivity index (χ0v) is 15.0. The molecule has 1 N–H and O–H groups in total. The predicted molar refractivity (Wildman–Crippen MR) is 103 cm³/mol. The molecule has 0 saturated carbocycles. The number of hydrogen-bond donors (Lipinski definition) is 1. The molecule has 0 spiro atoms. The summed E-state index contributed by atoms with van der Waals surface area (Å²) in [6.07, 6.45) is 3.30. The van der Waals surface area contributed by atoms with Gasteiger partial charge < -0.3 is 9.40 Å². The number of thiophene rings is 1. The maximum atomic E-state index is 12.5. The first-order chi connectivity index (χ1) is 12.1. The molecule has 1 aromatic carbocycles. The maximum Gasteiger partial charge on any atom is 0.260 e. The van der Waals surface area contributed by atoms with Crippen molar-refractivity contribution in [2.75, 3.05) is 0 Å². The lowest BCUT2D eigenvalue weighted by Gasteiger charge is -2.01. The van der Waals surface area contributed by atoms with Crippen molar-refractivity contribution in [3.63, 3.8) is 0 Å². The minimum absolute atomic E-state index is 0.254. The van der Waals surface area contributed by atoms with Crippen LogP contribution in [0.3, 0.4) is 0 Å². The first-order valence-electron chi connectivity index (χ1n) is 7.30. The SMILES string of the molecule is O=c1[nH]c(/C(Cl)=C/c2ccc(Cl)cc2)nc2scc(-c3ccco3)c12. The van der Waals surface area contributed by atoms with Crippen LogP contribution < -0.4 is 5.56 Å². The lowest BCUT2D eigenvalue weighted by Crippen LogP contribution is -2.10. The average molecular weight is 389 g/mol. The van der Waals surface area contributed by atoms with Gasteiger partial charge in [-0.15, -0.1) is 11.3 Å². The van der Waals surface area contributed by atoms with Gasteiger partial charge in [-0.3, -0.25) is 4.79 Å². The van der Waals surface area contributed by atoms with E-state index in [1.54, 1.807) is 30.5 Å². The van der Waals surface area contributed by atoms with Gasteiger partial charge in [-0.2, -0.15) is 0 Å². The molecule has 4 rings (SSSR count). The molecule has 0 aliphatic carbocycles. The molecule has 4 nitrogen and oxygen atoms in total. The molecule has 25 heavy (non-hydrogen) atoms. The normalized spacial score (nSPS) is 12.0. The van der Waals surface area contributed by atoms with Crippen LogP contribution in [0.1, 0.15) is 11.4 Å². The van der Waals surface area contributed by atoms with E-state index >= 15 is 0 Å². The van der Waals surface area contributed by atoms with E-state index in [1.807, 2.05) is 23.6 Å². The van der Waals surface area contributed by atoms with Crippen molar-refractivity contribution >= 4 is 55.9 Å². The Morgan fingerprint density at radius 3 is 2.76 bits per heavy atom. The number of fused-ring (bicyclic) bond motifs is 1. The molecule has 3 heterocycles. The van der Waals surface area contributed by atoms with Crippen LogP contribution in [-0.4, -0.2) is 9.97 Å². The predicted octanol–water partition coefficient (Wildman–Crippen LogP) is 5.63. The van der Waals surface area contributed by atoms with E-state index in [0.717, 1.165) is 11.1 Å². The Morgan fingerprint density at radius 2 is 2.04 bits per heavy atom. The van der Waals surface area contributed by atoms with Crippen molar-refractivity contribution in [1.82, 2.24) is 9.97 Å². The monoisotopic (exact) mass is 388 g/mol. The Morgan fingerprint density at radius 1 is 1.24 bits per heavy atom. The van der Waals surface area contributed by atoms with E-state index in [0.29, 0.717) is 31.9 Å². The molecule has 0 amide bonds. The van der Waals surface area contributed by atoms with E-state index in [4.69, 9.17) is 27.6 Å². The molecule has 4 aromatic rings. The van der Waals surface area contributed by atoms with Crippen molar-refractivity contribution < 1.29 is 4.42 Å². The Labute approximate surface area is 156 Å². The number of benzene rings is 1. The topological polar surface area (TPSA) is 58.9 Å². The maximum absolute atomic E-state index is 12.5. The van der Waals surface area contributed by atoms with Crippen LogP contribution in [0.15, 0.2) is 57.3 Å². The largest absolute Gasteiger partial charge is 0.464 e. The molecule has 0 unspecified atom stereocenters. The molecular formula is C18H10Cl2N2O2S. The molecule has 0 radical (unpaired) electrons. The molecule has 7 heteroatoms. The molecule has 0 atom stereocenters. The summed E-state index contributed by atoms with van der Waals surface area (Å²) in [6, 6.07) is 10.8. The summed E-state index contributed by atoms with van der Waals surface area (Å²) >= 11 is 13.6. The van der Waals surface area contributed by atoms with Crippen molar-refractivity contribution in [3.05, 3.63) is 74.8 Å². The van der Waals surface area contributed by atoms with E-state index < -0.39 is 0 Å². The van der Waals surface area contributed by atoms with Gasteiger partial charge in [-0.1, -0.05) is 35.3 Å². The van der Waals surface area contributed by atoms with Crippen LogP contribution in [0.25, 0.3) is 32.6 Å². The summed E-state index contributed by atoms with van der Waals surface area (Å²) in [5.74, 6) is 0.955. The summed E-state index contributed by atoms with van der Waals surface area (Å²) in [7, 11) is 0. The van der Waals surface area contributed by atoms with Gasteiger partial charge in [-0.25, -0.2) is 4.98 Å². The van der Waals surface area contributed by atoms with Crippen LogP contribution in [0, 0.1) is 0 Å². The van der Waals surface area contributed by atoms with E-state index in [1.165, 1.54) is 11.3 Å². The zero-order valence-electron chi connectivity index (χ0n) is 12.6. The van der Waals surface area contributed by atoms with E-state index in [2.05, 4.69) is 9.97 Å². The molecule has 3 aromatic heterocycles. The van der Waals surface area contributed by atoms with Crippen LogP contribution in [0.5, 0.6) is 0 Å². The second-order valence-corrected chi connectivity index (χ2v) is 6.97. The standard InChI is InChI=1S/C18H10Cl2N2O2S/c19-11-5-3-10(4-6-11)8-13(20)16-21-17(23)15-12(9-25-18(15)22-16)14-2-1-7-24-14/h1-9H,(H,21,22,23)/b13-8-. The van der Waals surface area contributed by atoms with E-state index in [-0.39, 0.29) is 5.56 Å². The fraction of sp³-hybridized carbons (Fsp3) is 0. The van der Waals surface area contributed by atoms with Crippen LogP contribution >= 0.6 is 34.5 Å². The highest BCUT2D eigenvalue weighted by molar-refractivity contribution is 7.17. The third-order valence-corrected chi connectivity index (χ3v) is 5.03. The summed E-state index contributed by atoms with van der Waals surface area (Å²) < 4.78 is 5.39. The molecule has 0 aliphatic rings. The van der Waals surface area contributed by atoms with Gasteiger partial charge >= 0.3 is 0 Å². The summed E-state index contributed by atoms with van der Waals surface area (Å²) in [5.41, 5.74) is 1.33. The van der Waals surface area contributed by atoms with Gasteiger partial charge in [0.15, 0.2) is 5.82 Å². The number of aromatic amines is 1. The van der Waals surface area contributed by atoms with Gasteiger partial charge in [-0.05, 0) is 35.9 Å². The molecule has 0 bridgehead atoms. The quantitative estimate of drug-likeness (QED) is 0.494. The van der Waals surface area contributed by atoms with Crippen molar-refractivity contribution in [2.24, 2.45) is 0 Å². The summed E-state index contributed by atoms with van der Waals surface area (Å²) in [6.45, 7) is 0. The van der Waals surface area contributed by atoms with Crippen LogP contribution in [0.2, 0.25) is 5.02 Å². The molecular weight excluding hydrogens is 379 g/mol. The Bertz CT molecular complexity index is 1130. The highest BCUT2D eigenvalue weighted by Crippen LogP contribution is 2.31. The lowest BCUT2D eigenvalue weighted by molar-refractivity contribution is 0.583. The van der Waals surface area contributed by atoms with Crippen LogP contribution in [0.4, 0.5) is 0 Å². The first-order valence-corrected chi connectivity index (χ1v) is 8.94. The van der Waals surface area contributed by atoms with Gasteiger partial charge in [0.1, 0.15) is 10.6 Å². The third kappa shape index (κ3) is 3.14. The fourth-order valence-electron chi connectivity index (χ4n) is 2.45. The number of rotatable bonds is 3. The number of hydrogen-bond acceptors (Lipinski definition) is 4. The molecule has 0 fully saturated rings. The number of aromatic nitrogens is 2. The lowest BCUT2D eigenvalue weighted by atomic mass is 10.2. The van der Waals surface area contributed by atoms with Crippen molar-refractivity contribution in [2.45, 2.75) is 0 Å². The Balaban J connectivity index is 1.79. The second kappa shape index (κ2) is 6.52. The van der Waals surface area contributed by atoms with Gasteiger partial charge in [0.25, 0.3) is 5.56 Å². The van der Waals surface area contributed by atoms with Gasteiger partial charge in [0, 0.05) is 16.0 Å². The fourth-order valence-corrected chi connectivity index (χ4v) is 3.72. The second-order valence-electron chi connectivity index (χ2n) is 5.27. The minimum atomic E-state index is -0.254. The Kier molecular flexibility index (Phi) is 4.21. The molecule has 0 aliphatic heterocycles. The smallest absolute Gasteiger partial charge is 0.260 e. The van der Waals surface area contributed by atoms with Crippen molar-refractivity contribution in [3.8, 4) is 11.3 Å². The molecule has 0 saturated heterocycles. The third-order valence-electron chi connectivity index (χ3n) is 3.62.